The van der Waals surface area contributed by atoms with E-state index in [1.165, 1.54) is 0 Å². The fraction of sp³-hybridized carbons (Fsp3) is 0.400. The Morgan fingerprint density at radius 3 is 1.93 bits per heavy atom. The average Bonchev–Trinajstić information content (AvgIpc) is 2.01. The van der Waals surface area contributed by atoms with E-state index in [9.17, 15) is 10.2 Å². The topological polar surface area (TPSA) is 40.5 Å². The monoisotopic (exact) mass is 344 g/mol. The Bertz CT molecular complexity index is 220. The van der Waals surface area contributed by atoms with E-state index in [4.69, 9.17) is 0 Å². The van der Waals surface area contributed by atoms with Crippen LogP contribution < -0.4 is 0 Å². The van der Waals surface area contributed by atoms with Crippen LogP contribution >= 0.6 is 0 Å². The van der Waals surface area contributed by atoms with Gasteiger partial charge in [-0.25, -0.2) is 0 Å². The summed E-state index contributed by atoms with van der Waals surface area (Å²) < 4.78 is 0. The van der Waals surface area contributed by atoms with Crippen molar-refractivity contribution in [2.24, 2.45) is 0 Å². The summed E-state index contributed by atoms with van der Waals surface area (Å²) in [5.74, 6) is 0. The smallest absolute Gasteiger partial charge is 0.0809 e. The molecular weight excluding hydrogens is 330 g/mol. The predicted octanol–water partition coefficient (Wildman–Crippen LogP) is 1.17. The first-order valence-corrected chi connectivity index (χ1v) is 4.00. The molecule has 1 fully saturated rings. The van der Waals surface area contributed by atoms with E-state index < -0.39 is 12.2 Å². The van der Waals surface area contributed by atoms with Crippen molar-refractivity contribution in [3.63, 3.8) is 0 Å². The molecule has 0 heterocycles. The molecule has 0 aromatic rings. The maximum Gasteiger partial charge on any atom is 0.0809 e. The van der Waals surface area contributed by atoms with Crippen molar-refractivity contribution in [1.82, 2.24) is 0 Å². The normalized spacial score (nSPS) is 25.9. The molecule has 2 atom stereocenters. The Balaban J connectivity index is 0. The number of allylic oxidation sites excluding steroid dienone is 2. The van der Waals surface area contributed by atoms with Gasteiger partial charge < -0.3 is 10.2 Å². The van der Waals surface area contributed by atoms with E-state index >= 15 is 0 Å². The van der Waals surface area contributed by atoms with Gasteiger partial charge in [0.15, 0.2) is 0 Å². The van der Waals surface area contributed by atoms with Crippen LogP contribution in [0.5, 0.6) is 0 Å². The number of aliphatic hydroxyl groups excluding tert-OH is 2. The Hall–Kier alpha value is 1.35. The van der Waals surface area contributed by atoms with Gasteiger partial charge in [-0.05, 0) is 18.4 Å². The van der Waals surface area contributed by atoms with Gasteiger partial charge in [0.05, 0.1) is 12.2 Å². The van der Waals surface area contributed by atoms with E-state index in [0.717, 1.165) is 5.57 Å². The molecule has 14 heavy (non-hydrogen) atoms. The van der Waals surface area contributed by atoms with Crippen molar-refractivity contribution >= 4 is 0 Å². The van der Waals surface area contributed by atoms with Crippen molar-refractivity contribution in [1.29, 1.82) is 0 Å². The Kier molecular flexibility index (Phi) is 10.8. The number of hydrogen-bond acceptors (Lipinski definition) is 2. The second-order valence-electron chi connectivity index (χ2n) is 3.08. The molecule has 0 saturated heterocycles. The second kappa shape index (κ2) is 8.49. The van der Waals surface area contributed by atoms with Crippen LogP contribution in [0, 0.1) is 0 Å². The molecule has 1 aliphatic rings. The molecule has 0 unspecified atom stereocenters. The van der Waals surface area contributed by atoms with Crippen molar-refractivity contribution in [2.75, 3.05) is 0 Å². The number of aliphatic hydroxyl groups is 2. The third kappa shape index (κ3) is 4.92. The van der Waals surface area contributed by atoms with Crippen LogP contribution in [0.15, 0.2) is 36.5 Å². The summed E-state index contributed by atoms with van der Waals surface area (Å²) in [4.78, 5) is 0. The minimum absolute atomic E-state index is 0. The molecule has 72 valence electrons. The van der Waals surface area contributed by atoms with Gasteiger partial charge in [0.25, 0.3) is 0 Å². The standard InChI is InChI=1S/C10H14O2.2Y/c1-3-4-8-5-9(11)7(2)10(12)6-8;;/h3-4,9-12H,1-2,5-6H2;;/t9-,10-;;/m1../s1. The number of rotatable bonds is 1. The molecule has 0 bridgehead atoms. The van der Waals surface area contributed by atoms with Gasteiger partial charge in [-0.3, -0.25) is 0 Å². The minimum atomic E-state index is -0.597. The Labute approximate surface area is 135 Å². The molecule has 2 N–H and O–H groups in total. The van der Waals surface area contributed by atoms with Gasteiger partial charge in [0.2, 0.25) is 0 Å². The summed E-state index contributed by atoms with van der Waals surface area (Å²) >= 11 is 0. The van der Waals surface area contributed by atoms with Crippen LogP contribution in [0.2, 0.25) is 0 Å². The van der Waals surface area contributed by atoms with Crippen molar-refractivity contribution < 1.29 is 75.6 Å². The molecule has 0 amide bonds. The molecule has 2 radical (unpaired) electrons. The first kappa shape index (κ1) is 17.7. The molecular formula is C10H14O2Y2. The zero-order valence-electron chi connectivity index (χ0n) is 8.19. The summed E-state index contributed by atoms with van der Waals surface area (Å²) in [6.07, 6.45) is 3.45. The van der Waals surface area contributed by atoms with Crippen LogP contribution in [0.25, 0.3) is 0 Å². The molecule has 4 heteroatoms. The molecule has 0 aromatic carbocycles. The average molecular weight is 344 g/mol. The van der Waals surface area contributed by atoms with Gasteiger partial charge in [-0.2, -0.15) is 0 Å². The van der Waals surface area contributed by atoms with E-state index in [0.29, 0.717) is 18.4 Å². The van der Waals surface area contributed by atoms with Crippen molar-refractivity contribution in [3.05, 3.63) is 36.5 Å². The predicted molar refractivity (Wildman–Crippen MR) is 48.7 cm³/mol. The maximum atomic E-state index is 9.41. The van der Waals surface area contributed by atoms with Gasteiger partial charge in [-0.1, -0.05) is 30.9 Å². The quantitative estimate of drug-likeness (QED) is 0.701. The zero-order valence-corrected chi connectivity index (χ0v) is 13.9. The largest absolute Gasteiger partial charge is 0.388 e. The molecule has 2 nitrogen and oxygen atoms in total. The first-order chi connectivity index (χ1) is 5.65. The van der Waals surface area contributed by atoms with Gasteiger partial charge in [0.1, 0.15) is 0 Å². The maximum absolute atomic E-state index is 9.41. The molecule has 1 saturated carbocycles. The SMILES string of the molecule is C=CC=C1C[C@@H](O)C(=C)[C@H](O)C1.[Y].[Y]. The fourth-order valence-electron chi connectivity index (χ4n) is 1.37. The van der Waals surface area contributed by atoms with Crippen LogP contribution in [0.4, 0.5) is 0 Å². The fourth-order valence-corrected chi connectivity index (χ4v) is 1.37. The van der Waals surface area contributed by atoms with Gasteiger partial charge in [0, 0.05) is 65.4 Å². The molecule has 1 aliphatic carbocycles. The van der Waals surface area contributed by atoms with E-state index in [1.54, 1.807) is 6.08 Å². The molecule has 0 aromatic heterocycles. The summed E-state index contributed by atoms with van der Waals surface area (Å²) in [6, 6.07) is 0. The summed E-state index contributed by atoms with van der Waals surface area (Å²) in [5.41, 5.74) is 1.55. The van der Waals surface area contributed by atoms with Gasteiger partial charge >= 0.3 is 0 Å². The van der Waals surface area contributed by atoms with E-state index in [2.05, 4.69) is 13.2 Å². The summed E-state index contributed by atoms with van der Waals surface area (Å²) in [6.45, 7) is 7.18. The van der Waals surface area contributed by atoms with Gasteiger partial charge in [-0.15, -0.1) is 0 Å². The van der Waals surface area contributed by atoms with E-state index in [1.807, 2.05) is 6.08 Å². The van der Waals surface area contributed by atoms with Crippen LogP contribution in [0.1, 0.15) is 12.8 Å². The van der Waals surface area contributed by atoms with Crippen LogP contribution in [0.3, 0.4) is 0 Å². The summed E-state index contributed by atoms with van der Waals surface area (Å²) in [5, 5.41) is 18.8. The molecule has 0 aliphatic heterocycles. The minimum Gasteiger partial charge on any atom is -0.388 e. The Morgan fingerprint density at radius 1 is 1.14 bits per heavy atom. The molecule has 1 rings (SSSR count). The molecule has 0 spiro atoms. The third-order valence-electron chi connectivity index (χ3n) is 2.12. The summed E-state index contributed by atoms with van der Waals surface area (Å²) in [7, 11) is 0. The van der Waals surface area contributed by atoms with Crippen molar-refractivity contribution in [2.45, 2.75) is 25.0 Å². The Morgan fingerprint density at radius 2 is 1.57 bits per heavy atom. The van der Waals surface area contributed by atoms with Crippen LogP contribution in [-0.4, -0.2) is 22.4 Å². The van der Waals surface area contributed by atoms with E-state index in [-0.39, 0.29) is 65.4 Å². The zero-order chi connectivity index (χ0) is 9.14. The van der Waals surface area contributed by atoms with Crippen molar-refractivity contribution in [3.8, 4) is 0 Å². The third-order valence-corrected chi connectivity index (χ3v) is 2.12. The first-order valence-electron chi connectivity index (χ1n) is 4.00. The van der Waals surface area contributed by atoms with Crippen LogP contribution in [-0.2, 0) is 65.4 Å². The number of hydrogen-bond donors (Lipinski definition) is 2. The second-order valence-corrected chi connectivity index (χ2v) is 3.08.